The van der Waals surface area contributed by atoms with Gasteiger partial charge in [-0.05, 0) is 30.4 Å². The second kappa shape index (κ2) is 5.19. The van der Waals surface area contributed by atoms with Gasteiger partial charge < -0.3 is 4.90 Å². The summed E-state index contributed by atoms with van der Waals surface area (Å²) in [4.78, 5) is 17.2. The molecule has 94 valence electrons. The summed E-state index contributed by atoms with van der Waals surface area (Å²) in [6, 6.07) is 2.69. The normalized spacial score (nSPS) is 20.1. The molecule has 0 saturated carbocycles. The molecule has 1 aromatic rings. The Balaban J connectivity index is 1.94. The van der Waals surface area contributed by atoms with Crippen molar-refractivity contribution < 1.29 is 4.79 Å². The number of amides is 1. The van der Waals surface area contributed by atoms with E-state index in [-0.39, 0.29) is 5.91 Å². The van der Waals surface area contributed by atoms with Gasteiger partial charge in [-0.2, -0.15) is 0 Å². The molecule has 0 unspecified atom stereocenters. The average molecular weight is 252 g/mol. The molecule has 4 heteroatoms. The number of nitrogens with zero attached hydrogens (tertiary/aromatic N) is 2. The number of carbonyl (C=O) groups excluding carboxylic acids is 1. The number of thiophene rings is 1. The maximum absolute atomic E-state index is 11.6. The first-order chi connectivity index (χ1) is 8.09. The van der Waals surface area contributed by atoms with Crippen molar-refractivity contribution in [2.24, 2.45) is 0 Å². The van der Waals surface area contributed by atoms with Gasteiger partial charge in [0.15, 0.2) is 0 Å². The Labute approximate surface area is 107 Å². The predicted molar refractivity (Wildman–Crippen MR) is 71.3 cm³/mol. The van der Waals surface area contributed by atoms with E-state index in [9.17, 15) is 4.79 Å². The molecule has 0 aromatic carbocycles. The van der Waals surface area contributed by atoms with Gasteiger partial charge in [-0.15, -0.1) is 11.3 Å². The average Bonchev–Trinajstić information content (AvgIpc) is 2.76. The minimum absolute atomic E-state index is 0.216. The molecule has 0 N–H and O–H groups in total. The first-order valence-electron chi connectivity index (χ1n) is 6.10. The Morgan fingerprint density at radius 2 is 2.35 bits per heavy atom. The van der Waals surface area contributed by atoms with Crippen LogP contribution in [-0.4, -0.2) is 42.9 Å². The fourth-order valence-corrected chi connectivity index (χ4v) is 3.29. The van der Waals surface area contributed by atoms with Crippen LogP contribution < -0.4 is 0 Å². The van der Waals surface area contributed by atoms with Gasteiger partial charge in [-0.3, -0.25) is 9.69 Å². The number of hydrogen-bond donors (Lipinski definition) is 0. The van der Waals surface area contributed by atoms with Crippen LogP contribution in [0.5, 0.6) is 0 Å². The number of carbonyl (C=O) groups is 1. The summed E-state index contributed by atoms with van der Waals surface area (Å²) in [6.07, 6.45) is 1.75. The molecule has 1 aliphatic heterocycles. The Morgan fingerprint density at radius 1 is 1.59 bits per heavy atom. The van der Waals surface area contributed by atoms with E-state index in [1.165, 1.54) is 10.4 Å². The molecule has 0 saturated heterocycles. The molecule has 1 atom stereocenters. The van der Waals surface area contributed by atoms with Gasteiger partial charge in [0, 0.05) is 44.5 Å². The summed E-state index contributed by atoms with van der Waals surface area (Å²) in [5.41, 5.74) is 1.46. The molecule has 2 rings (SSSR count). The zero-order valence-corrected chi connectivity index (χ0v) is 11.6. The van der Waals surface area contributed by atoms with Crippen LogP contribution in [0, 0.1) is 0 Å². The van der Waals surface area contributed by atoms with E-state index in [2.05, 4.69) is 23.3 Å². The van der Waals surface area contributed by atoms with Gasteiger partial charge in [0.25, 0.3) is 0 Å². The van der Waals surface area contributed by atoms with Gasteiger partial charge in [0.05, 0.1) is 0 Å². The van der Waals surface area contributed by atoms with Gasteiger partial charge in [-0.1, -0.05) is 0 Å². The smallest absolute Gasteiger partial charge is 0.223 e. The lowest BCUT2D eigenvalue weighted by atomic mass is 10.0. The van der Waals surface area contributed by atoms with E-state index >= 15 is 0 Å². The highest BCUT2D eigenvalue weighted by Gasteiger charge is 2.24. The van der Waals surface area contributed by atoms with Gasteiger partial charge in [0.2, 0.25) is 5.91 Å². The first kappa shape index (κ1) is 12.6. The summed E-state index contributed by atoms with van der Waals surface area (Å²) in [6.45, 7) is 4.19. The molecular weight excluding hydrogens is 232 g/mol. The molecule has 17 heavy (non-hydrogen) atoms. The third-order valence-electron chi connectivity index (χ3n) is 3.52. The van der Waals surface area contributed by atoms with Crippen LogP contribution in [0.2, 0.25) is 0 Å². The fraction of sp³-hybridized carbons (Fsp3) is 0.615. The minimum atomic E-state index is 0.216. The predicted octanol–water partition coefficient (Wildman–Crippen LogP) is 2.15. The van der Waals surface area contributed by atoms with E-state index in [4.69, 9.17) is 0 Å². The highest BCUT2D eigenvalue weighted by Crippen LogP contribution is 2.32. The molecule has 1 aromatic heterocycles. The van der Waals surface area contributed by atoms with Crippen molar-refractivity contribution in [2.45, 2.75) is 25.8 Å². The van der Waals surface area contributed by atoms with Crippen LogP contribution in [0.4, 0.5) is 0 Å². The maximum Gasteiger partial charge on any atom is 0.223 e. The van der Waals surface area contributed by atoms with Crippen molar-refractivity contribution in [3.8, 4) is 0 Å². The lowest BCUT2D eigenvalue weighted by Gasteiger charge is -2.33. The number of rotatable bonds is 3. The van der Waals surface area contributed by atoms with Gasteiger partial charge in [-0.25, -0.2) is 0 Å². The lowest BCUT2D eigenvalue weighted by molar-refractivity contribution is -0.129. The van der Waals surface area contributed by atoms with Crippen molar-refractivity contribution in [1.29, 1.82) is 0 Å². The largest absolute Gasteiger partial charge is 0.349 e. The van der Waals surface area contributed by atoms with Crippen LogP contribution in [0.3, 0.4) is 0 Å². The van der Waals surface area contributed by atoms with Crippen molar-refractivity contribution in [2.75, 3.05) is 27.2 Å². The minimum Gasteiger partial charge on any atom is -0.349 e. The summed E-state index contributed by atoms with van der Waals surface area (Å²) < 4.78 is 0. The molecular formula is C13H20N2OS. The van der Waals surface area contributed by atoms with Gasteiger partial charge in [0.1, 0.15) is 0 Å². The topological polar surface area (TPSA) is 23.6 Å². The van der Waals surface area contributed by atoms with Gasteiger partial charge >= 0.3 is 0 Å². The molecule has 1 aliphatic rings. The van der Waals surface area contributed by atoms with Crippen LogP contribution in [-0.2, 0) is 11.2 Å². The summed E-state index contributed by atoms with van der Waals surface area (Å²) >= 11 is 1.86. The monoisotopic (exact) mass is 252 g/mol. The number of fused-ring (bicyclic) bond motifs is 1. The van der Waals surface area contributed by atoms with Crippen LogP contribution >= 0.6 is 11.3 Å². The summed E-state index contributed by atoms with van der Waals surface area (Å²) in [5.74, 6) is 0.216. The van der Waals surface area contributed by atoms with E-state index in [1.54, 1.807) is 4.90 Å². The SMILES string of the molecule is C[C@H]1c2ccsc2CCN1CCC(=O)N(C)C. The molecule has 1 amide bonds. The van der Waals surface area contributed by atoms with Crippen molar-refractivity contribution in [3.63, 3.8) is 0 Å². The van der Waals surface area contributed by atoms with Crippen molar-refractivity contribution in [3.05, 3.63) is 21.9 Å². The lowest BCUT2D eigenvalue weighted by Crippen LogP contribution is -2.36. The second-order valence-electron chi connectivity index (χ2n) is 4.80. The quantitative estimate of drug-likeness (QED) is 0.823. The van der Waals surface area contributed by atoms with Crippen molar-refractivity contribution in [1.82, 2.24) is 9.80 Å². The zero-order valence-electron chi connectivity index (χ0n) is 10.8. The third kappa shape index (κ3) is 2.69. The fourth-order valence-electron chi connectivity index (χ4n) is 2.33. The van der Waals surface area contributed by atoms with E-state index in [0.717, 1.165) is 19.5 Å². The molecule has 0 fully saturated rings. The highest BCUT2D eigenvalue weighted by atomic mass is 32.1. The zero-order chi connectivity index (χ0) is 12.4. The Morgan fingerprint density at radius 3 is 3.06 bits per heavy atom. The Hall–Kier alpha value is -0.870. The summed E-state index contributed by atoms with van der Waals surface area (Å²) in [5, 5.41) is 2.18. The molecule has 0 radical (unpaired) electrons. The maximum atomic E-state index is 11.6. The Bertz CT molecular complexity index is 400. The second-order valence-corrected chi connectivity index (χ2v) is 5.80. The molecule has 0 aliphatic carbocycles. The molecule has 0 bridgehead atoms. The highest BCUT2D eigenvalue weighted by molar-refractivity contribution is 7.10. The standard InChI is InChI=1S/C13H20N2OS/c1-10-11-6-9-17-12(11)4-7-15(10)8-5-13(16)14(2)3/h6,9-10H,4-5,7-8H2,1-3H3/t10-/m0/s1. The molecule has 0 spiro atoms. The third-order valence-corrected chi connectivity index (χ3v) is 4.51. The van der Waals surface area contributed by atoms with E-state index < -0.39 is 0 Å². The molecule has 2 heterocycles. The Kier molecular flexibility index (Phi) is 3.84. The van der Waals surface area contributed by atoms with Crippen LogP contribution in [0.15, 0.2) is 11.4 Å². The first-order valence-corrected chi connectivity index (χ1v) is 6.98. The molecule has 3 nitrogen and oxygen atoms in total. The van der Waals surface area contributed by atoms with E-state index in [1.807, 2.05) is 25.4 Å². The van der Waals surface area contributed by atoms with Crippen LogP contribution in [0.1, 0.15) is 29.8 Å². The van der Waals surface area contributed by atoms with E-state index in [0.29, 0.717) is 12.5 Å². The summed E-state index contributed by atoms with van der Waals surface area (Å²) in [7, 11) is 3.64. The van der Waals surface area contributed by atoms with Crippen LogP contribution in [0.25, 0.3) is 0 Å². The number of hydrogen-bond acceptors (Lipinski definition) is 3. The van der Waals surface area contributed by atoms with Crippen molar-refractivity contribution >= 4 is 17.2 Å².